The van der Waals surface area contributed by atoms with Crippen LogP contribution < -0.4 is 5.32 Å². The van der Waals surface area contributed by atoms with Gasteiger partial charge in [0.1, 0.15) is 0 Å². The first-order chi connectivity index (χ1) is 8.24. The third kappa shape index (κ3) is 2.29. The number of fused-ring (bicyclic) bond motifs is 1. The summed E-state index contributed by atoms with van der Waals surface area (Å²) in [4.78, 5) is 16.1. The third-order valence-electron chi connectivity index (χ3n) is 2.37. The van der Waals surface area contributed by atoms with Crippen molar-refractivity contribution in [2.75, 3.05) is 6.54 Å². The van der Waals surface area contributed by atoms with Crippen molar-refractivity contribution in [2.24, 2.45) is 0 Å². The Labute approximate surface area is 104 Å². The number of halogens is 1. The molecule has 0 unspecified atom stereocenters. The number of hydrogen-bond donors (Lipinski definition) is 1. The van der Waals surface area contributed by atoms with Gasteiger partial charge in [0.15, 0.2) is 0 Å². The van der Waals surface area contributed by atoms with E-state index in [-0.39, 0.29) is 5.91 Å². The molecule has 3 nitrogen and oxygen atoms in total. The molecule has 0 aliphatic rings. The molecule has 1 aromatic heterocycles. The van der Waals surface area contributed by atoms with Gasteiger partial charge in [-0.25, -0.2) is 0 Å². The van der Waals surface area contributed by atoms with Crippen LogP contribution in [0.1, 0.15) is 10.4 Å². The van der Waals surface area contributed by atoms with Crippen LogP contribution in [0.25, 0.3) is 10.9 Å². The minimum absolute atomic E-state index is 0.176. The fourth-order valence-electron chi connectivity index (χ4n) is 1.58. The first-order valence-corrected chi connectivity index (χ1v) is 5.54. The number of benzene rings is 1. The molecule has 0 fully saturated rings. The molecule has 4 heteroatoms. The first-order valence-electron chi connectivity index (χ1n) is 5.16. The quantitative estimate of drug-likeness (QED) is 0.847. The average molecular weight is 247 g/mol. The zero-order chi connectivity index (χ0) is 12.3. The Hall–Kier alpha value is -1.87. The third-order valence-corrected chi connectivity index (χ3v) is 2.70. The number of amides is 1. The van der Waals surface area contributed by atoms with E-state index in [0.29, 0.717) is 22.6 Å². The lowest BCUT2D eigenvalue weighted by Crippen LogP contribution is -2.23. The SMILES string of the molecule is C=CCNC(=O)c1ccc(Cl)c2cccnc12. The lowest BCUT2D eigenvalue weighted by atomic mass is 10.1. The Morgan fingerprint density at radius 2 is 2.29 bits per heavy atom. The molecule has 86 valence electrons. The molecule has 2 rings (SSSR count). The molecule has 0 spiro atoms. The Bertz CT molecular complexity index is 581. The van der Waals surface area contributed by atoms with Gasteiger partial charge < -0.3 is 5.32 Å². The van der Waals surface area contributed by atoms with Crippen molar-refractivity contribution in [1.82, 2.24) is 10.3 Å². The second kappa shape index (κ2) is 4.97. The van der Waals surface area contributed by atoms with E-state index < -0.39 is 0 Å². The molecule has 0 atom stereocenters. The van der Waals surface area contributed by atoms with Gasteiger partial charge in [-0.3, -0.25) is 9.78 Å². The van der Waals surface area contributed by atoms with Crippen molar-refractivity contribution in [3.8, 4) is 0 Å². The zero-order valence-electron chi connectivity index (χ0n) is 9.11. The summed E-state index contributed by atoms with van der Waals surface area (Å²) < 4.78 is 0. The maximum atomic E-state index is 11.9. The van der Waals surface area contributed by atoms with Gasteiger partial charge in [0, 0.05) is 18.1 Å². The lowest BCUT2D eigenvalue weighted by Gasteiger charge is -2.06. The standard InChI is InChI=1S/C13H11ClN2O/c1-2-7-16-13(17)10-5-6-11(14)9-4-3-8-15-12(9)10/h2-6,8H,1,7H2,(H,16,17). The van der Waals surface area contributed by atoms with Crippen LogP contribution in [-0.2, 0) is 0 Å². The predicted molar refractivity (Wildman–Crippen MR) is 69.3 cm³/mol. The summed E-state index contributed by atoms with van der Waals surface area (Å²) in [5.41, 5.74) is 1.13. The van der Waals surface area contributed by atoms with Crippen molar-refractivity contribution in [2.45, 2.75) is 0 Å². The minimum Gasteiger partial charge on any atom is -0.349 e. The van der Waals surface area contributed by atoms with Gasteiger partial charge >= 0.3 is 0 Å². The van der Waals surface area contributed by atoms with Gasteiger partial charge in [-0.2, -0.15) is 0 Å². The molecule has 0 radical (unpaired) electrons. The van der Waals surface area contributed by atoms with Gasteiger partial charge in [0.2, 0.25) is 0 Å². The number of nitrogens with one attached hydrogen (secondary N) is 1. The van der Waals surface area contributed by atoms with Crippen molar-refractivity contribution in [3.05, 3.63) is 53.7 Å². The summed E-state index contributed by atoms with van der Waals surface area (Å²) >= 11 is 6.05. The number of nitrogens with zero attached hydrogens (tertiary/aromatic N) is 1. The molecule has 0 aliphatic carbocycles. The van der Waals surface area contributed by atoms with Gasteiger partial charge in [-0.15, -0.1) is 6.58 Å². The number of rotatable bonds is 3. The molecular weight excluding hydrogens is 236 g/mol. The van der Waals surface area contributed by atoms with Crippen LogP contribution in [0.2, 0.25) is 5.02 Å². The summed E-state index contributed by atoms with van der Waals surface area (Å²) in [6, 6.07) is 7.01. The van der Waals surface area contributed by atoms with Crippen LogP contribution in [-0.4, -0.2) is 17.4 Å². The molecule has 0 aliphatic heterocycles. The average Bonchev–Trinajstić information content (AvgIpc) is 2.37. The fraction of sp³-hybridized carbons (Fsp3) is 0.0769. The van der Waals surface area contributed by atoms with E-state index in [0.717, 1.165) is 5.39 Å². The Morgan fingerprint density at radius 1 is 1.47 bits per heavy atom. The molecular formula is C13H11ClN2O. The molecule has 2 aromatic rings. The number of carbonyl (C=O) groups excluding carboxylic acids is 1. The molecule has 1 heterocycles. The van der Waals surface area contributed by atoms with Gasteiger partial charge in [-0.05, 0) is 24.3 Å². The Morgan fingerprint density at radius 3 is 3.06 bits per heavy atom. The molecule has 1 N–H and O–H groups in total. The summed E-state index contributed by atoms with van der Waals surface area (Å²) in [6.45, 7) is 3.98. The second-order valence-electron chi connectivity index (χ2n) is 3.49. The van der Waals surface area contributed by atoms with Crippen LogP contribution in [0.4, 0.5) is 0 Å². The summed E-state index contributed by atoms with van der Waals surface area (Å²) in [5, 5.41) is 4.09. The molecule has 0 saturated carbocycles. The van der Waals surface area contributed by atoms with Crippen molar-refractivity contribution in [3.63, 3.8) is 0 Å². The van der Waals surface area contributed by atoms with E-state index in [1.54, 1.807) is 30.5 Å². The topological polar surface area (TPSA) is 42.0 Å². The highest BCUT2D eigenvalue weighted by atomic mass is 35.5. The number of aromatic nitrogens is 1. The Balaban J connectivity index is 2.51. The number of hydrogen-bond acceptors (Lipinski definition) is 2. The second-order valence-corrected chi connectivity index (χ2v) is 3.90. The summed E-state index contributed by atoms with van der Waals surface area (Å²) in [6.07, 6.45) is 3.27. The first kappa shape index (κ1) is 11.6. The summed E-state index contributed by atoms with van der Waals surface area (Å²) in [5.74, 6) is -0.176. The molecule has 1 amide bonds. The zero-order valence-corrected chi connectivity index (χ0v) is 9.87. The van der Waals surface area contributed by atoms with Gasteiger partial charge in [0.25, 0.3) is 5.91 Å². The molecule has 17 heavy (non-hydrogen) atoms. The molecule has 0 bridgehead atoms. The van der Waals surface area contributed by atoms with Crippen LogP contribution in [0.15, 0.2) is 43.1 Å². The fourth-order valence-corrected chi connectivity index (χ4v) is 1.80. The van der Waals surface area contributed by atoms with E-state index >= 15 is 0 Å². The number of pyridine rings is 1. The van der Waals surface area contributed by atoms with Crippen molar-refractivity contribution >= 4 is 28.4 Å². The van der Waals surface area contributed by atoms with Gasteiger partial charge in [-0.1, -0.05) is 17.7 Å². The largest absolute Gasteiger partial charge is 0.349 e. The van der Waals surface area contributed by atoms with Crippen LogP contribution >= 0.6 is 11.6 Å². The Kier molecular flexibility index (Phi) is 3.40. The minimum atomic E-state index is -0.176. The molecule has 0 saturated heterocycles. The van der Waals surface area contributed by atoms with Crippen molar-refractivity contribution in [1.29, 1.82) is 0 Å². The van der Waals surface area contributed by atoms with Gasteiger partial charge in [0.05, 0.1) is 16.1 Å². The highest BCUT2D eigenvalue weighted by Gasteiger charge is 2.11. The monoisotopic (exact) mass is 246 g/mol. The normalized spacial score (nSPS) is 10.2. The highest BCUT2D eigenvalue weighted by Crippen LogP contribution is 2.24. The predicted octanol–water partition coefficient (Wildman–Crippen LogP) is 2.80. The summed E-state index contributed by atoms with van der Waals surface area (Å²) in [7, 11) is 0. The van der Waals surface area contributed by atoms with Crippen LogP contribution in [0.3, 0.4) is 0 Å². The molecule has 1 aromatic carbocycles. The van der Waals surface area contributed by atoms with E-state index in [2.05, 4.69) is 16.9 Å². The lowest BCUT2D eigenvalue weighted by molar-refractivity contribution is 0.0959. The maximum absolute atomic E-state index is 11.9. The van der Waals surface area contributed by atoms with E-state index in [1.165, 1.54) is 0 Å². The maximum Gasteiger partial charge on any atom is 0.253 e. The van der Waals surface area contributed by atoms with Crippen LogP contribution in [0, 0.1) is 0 Å². The highest BCUT2D eigenvalue weighted by molar-refractivity contribution is 6.36. The van der Waals surface area contributed by atoms with Crippen molar-refractivity contribution < 1.29 is 4.79 Å². The van der Waals surface area contributed by atoms with E-state index in [4.69, 9.17) is 11.6 Å². The van der Waals surface area contributed by atoms with Crippen LogP contribution in [0.5, 0.6) is 0 Å². The number of carbonyl (C=O) groups is 1. The smallest absolute Gasteiger partial charge is 0.253 e. The van der Waals surface area contributed by atoms with E-state index in [9.17, 15) is 4.79 Å². The van der Waals surface area contributed by atoms with E-state index in [1.807, 2.05) is 6.07 Å².